The van der Waals surface area contributed by atoms with Gasteiger partial charge in [-0.25, -0.2) is 9.37 Å². The Morgan fingerprint density at radius 3 is 2.62 bits per heavy atom. The molecule has 170 valence electrons. The van der Waals surface area contributed by atoms with Gasteiger partial charge in [0.05, 0.1) is 25.8 Å². The third kappa shape index (κ3) is 3.89. The van der Waals surface area contributed by atoms with Crippen molar-refractivity contribution in [2.75, 3.05) is 43.1 Å². The third-order valence-electron chi connectivity index (χ3n) is 5.95. The molecular formula is C22H28FN7O2. The average Bonchev–Trinajstić information content (AvgIpc) is 3.13. The third-order valence-corrected chi connectivity index (χ3v) is 5.95. The first-order valence-corrected chi connectivity index (χ1v) is 11.1. The van der Waals surface area contributed by atoms with Crippen LogP contribution in [0.4, 0.5) is 21.8 Å². The van der Waals surface area contributed by atoms with Gasteiger partial charge >= 0.3 is 0 Å². The summed E-state index contributed by atoms with van der Waals surface area (Å²) in [5, 5.41) is 11.6. The topological polar surface area (TPSA) is 89.4 Å². The zero-order valence-corrected chi connectivity index (χ0v) is 18.3. The van der Waals surface area contributed by atoms with Crippen molar-refractivity contribution in [3.05, 3.63) is 35.8 Å². The molecule has 2 atom stereocenters. The summed E-state index contributed by atoms with van der Waals surface area (Å²) >= 11 is 0. The summed E-state index contributed by atoms with van der Waals surface area (Å²) in [5.41, 5.74) is 3.07. The Hall–Kier alpha value is -2.82. The minimum absolute atomic E-state index is 0.283. The predicted octanol–water partition coefficient (Wildman–Crippen LogP) is 2.44. The van der Waals surface area contributed by atoms with Crippen LogP contribution in [0.15, 0.2) is 24.3 Å². The maximum atomic E-state index is 13.4. The second-order valence-corrected chi connectivity index (χ2v) is 7.94. The lowest BCUT2D eigenvalue weighted by atomic mass is 9.89. The Kier molecular flexibility index (Phi) is 5.90. The van der Waals surface area contributed by atoms with Gasteiger partial charge in [0.2, 0.25) is 5.95 Å². The van der Waals surface area contributed by atoms with Crippen LogP contribution in [0.1, 0.15) is 19.5 Å². The van der Waals surface area contributed by atoms with E-state index in [1.165, 1.54) is 12.1 Å². The smallest absolute Gasteiger partial charge is 0.228 e. The van der Waals surface area contributed by atoms with Crippen molar-refractivity contribution >= 4 is 28.5 Å². The molecule has 4 heterocycles. The molecule has 0 radical (unpaired) electrons. The number of anilines is 3. The molecule has 1 aromatic carbocycles. The van der Waals surface area contributed by atoms with Crippen LogP contribution in [0.5, 0.6) is 0 Å². The number of ether oxygens (including phenoxy) is 2. The van der Waals surface area contributed by atoms with E-state index in [-0.39, 0.29) is 5.82 Å². The van der Waals surface area contributed by atoms with E-state index in [2.05, 4.69) is 15.5 Å². The molecule has 9 nitrogen and oxygen atoms in total. The van der Waals surface area contributed by atoms with Crippen molar-refractivity contribution in [3.63, 3.8) is 0 Å². The first kappa shape index (κ1) is 21.0. The highest BCUT2D eigenvalue weighted by molar-refractivity contribution is 5.90. The number of halogens is 1. The average molecular weight is 442 g/mol. The van der Waals surface area contributed by atoms with Crippen molar-refractivity contribution < 1.29 is 13.9 Å². The van der Waals surface area contributed by atoms with Crippen molar-refractivity contribution in [1.29, 1.82) is 0 Å². The molecule has 3 aromatic rings. The Morgan fingerprint density at radius 1 is 1.16 bits per heavy atom. The van der Waals surface area contributed by atoms with Crippen LogP contribution in [-0.2, 0) is 22.6 Å². The molecule has 2 aromatic heterocycles. The number of nitrogens with one attached hydrogen (secondary N) is 2. The molecule has 0 bridgehead atoms. The lowest BCUT2D eigenvalue weighted by molar-refractivity contribution is 0.128. The van der Waals surface area contributed by atoms with Crippen LogP contribution in [0, 0.1) is 5.82 Å². The van der Waals surface area contributed by atoms with Crippen LogP contribution in [-0.4, -0.2) is 64.7 Å². The number of fused-ring (bicyclic) bond motifs is 2. The molecule has 32 heavy (non-hydrogen) atoms. The standard InChI is InChI=1S/C22H28FN7O2/c1-3-31-10-9-30-20-19(17(28-30)13-32-4-2)26-22(29-12-16-18(29)11-24-16)27-21(20)25-15-7-5-14(23)6-8-15/h5-8,16,18,24H,3-4,9-13H2,1-2H3,(H,25,26,27)/t16?,18-/m1/s1. The van der Waals surface area contributed by atoms with Crippen LogP contribution in [0.2, 0.25) is 0 Å². The molecule has 10 heteroatoms. The largest absolute Gasteiger partial charge is 0.380 e. The van der Waals surface area contributed by atoms with Gasteiger partial charge < -0.3 is 25.0 Å². The fraction of sp³-hybridized carbons (Fsp3) is 0.500. The fourth-order valence-electron chi connectivity index (χ4n) is 4.11. The van der Waals surface area contributed by atoms with Gasteiger partial charge in [0.1, 0.15) is 22.5 Å². The second-order valence-electron chi connectivity index (χ2n) is 7.94. The van der Waals surface area contributed by atoms with E-state index in [4.69, 9.17) is 24.5 Å². The first-order valence-electron chi connectivity index (χ1n) is 11.1. The molecule has 2 aliphatic rings. The van der Waals surface area contributed by atoms with E-state index in [1.54, 1.807) is 12.1 Å². The molecule has 2 saturated heterocycles. The summed E-state index contributed by atoms with van der Waals surface area (Å²) in [7, 11) is 0. The predicted molar refractivity (Wildman–Crippen MR) is 120 cm³/mol. The minimum atomic E-state index is -0.283. The Bertz CT molecular complexity index is 1090. The normalized spacial score (nSPS) is 19.5. The maximum Gasteiger partial charge on any atom is 0.228 e. The highest BCUT2D eigenvalue weighted by Crippen LogP contribution is 2.34. The number of benzene rings is 1. The number of hydrogen-bond donors (Lipinski definition) is 2. The van der Waals surface area contributed by atoms with Gasteiger partial charge in [-0.15, -0.1) is 0 Å². The Balaban J connectivity index is 1.58. The van der Waals surface area contributed by atoms with Crippen molar-refractivity contribution in [2.24, 2.45) is 0 Å². The van der Waals surface area contributed by atoms with E-state index in [9.17, 15) is 4.39 Å². The first-order chi connectivity index (χ1) is 15.7. The zero-order chi connectivity index (χ0) is 22.1. The van der Waals surface area contributed by atoms with Gasteiger partial charge in [-0.3, -0.25) is 4.68 Å². The van der Waals surface area contributed by atoms with E-state index in [1.807, 2.05) is 18.5 Å². The molecule has 0 aliphatic carbocycles. The summed E-state index contributed by atoms with van der Waals surface area (Å²) in [6.07, 6.45) is 0. The molecule has 0 saturated carbocycles. The number of piperazine rings is 1. The van der Waals surface area contributed by atoms with Gasteiger partial charge in [-0.1, -0.05) is 0 Å². The van der Waals surface area contributed by atoms with Gasteiger partial charge in [-0.2, -0.15) is 10.1 Å². The molecule has 1 unspecified atom stereocenters. The number of rotatable bonds is 10. The van der Waals surface area contributed by atoms with Gasteiger partial charge in [-0.05, 0) is 38.1 Å². The highest BCUT2D eigenvalue weighted by Gasteiger charge is 2.47. The molecule has 2 N–H and O–H groups in total. The SMILES string of the molecule is CCOCCn1nc(COCC)c2nc(N3CC4NC[C@H]43)nc(Nc3ccc(F)cc3)c21. The summed E-state index contributed by atoms with van der Waals surface area (Å²) < 4.78 is 26.5. The molecule has 5 rings (SSSR count). The lowest BCUT2D eigenvalue weighted by Gasteiger charge is -2.56. The molecular weight excluding hydrogens is 413 g/mol. The summed E-state index contributed by atoms with van der Waals surface area (Å²) in [4.78, 5) is 12.0. The summed E-state index contributed by atoms with van der Waals surface area (Å²) in [6, 6.07) is 7.18. The number of aromatic nitrogens is 4. The minimum Gasteiger partial charge on any atom is -0.380 e. The number of nitrogens with zero attached hydrogens (tertiary/aromatic N) is 5. The van der Waals surface area contributed by atoms with Crippen LogP contribution < -0.4 is 15.5 Å². The van der Waals surface area contributed by atoms with Gasteiger partial charge in [0.25, 0.3) is 0 Å². The fourth-order valence-corrected chi connectivity index (χ4v) is 4.11. The number of hydrogen-bond acceptors (Lipinski definition) is 8. The molecule has 0 amide bonds. The van der Waals surface area contributed by atoms with Crippen molar-refractivity contribution in [1.82, 2.24) is 25.1 Å². The van der Waals surface area contributed by atoms with Crippen LogP contribution >= 0.6 is 0 Å². The summed E-state index contributed by atoms with van der Waals surface area (Å²) in [6.45, 7) is 8.43. The summed E-state index contributed by atoms with van der Waals surface area (Å²) in [5.74, 6) is 1.03. The van der Waals surface area contributed by atoms with E-state index in [0.29, 0.717) is 56.8 Å². The molecule has 2 aliphatic heterocycles. The Labute approximate surface area is 185 Å². The molecule has 0 spiro atoms. The lowest BCUT2D eigenvalue weighted by Crippen LogP contribution is -2.78. The van der Waals surface area contributed by atoms with E-state index in [0.717, 1.165) is 35.5 Å². The van der Waals surface area contributed by atoms with E-state index < -0.39 is 0 Å². The van der Waals surface area contributed by atoms with Gasteiger partial charge in [0.15, 0.2) is 5.82 Å². The van der Waals surface area contributed by atoms with Gasteiger partial charge in [0, 0.05) is 38.0 Å². The Morgan fingerprint density at radius 2 is 1.97 bits per heavy atom. The van der Waals surface area contributed by atoms with Crippen LogP contribution in [0.3, 0.4) is 0 Å². The zero-order valence-electron chi connectivity index (χ0n) is 18.3. The second kappa shape index (κ2) is 8.97. The monoisotopic (exact) mass is 441 g/mol. The van der Waals surface area contributed by atoms with E-state index >= 15 is 0 Å². The van der Waals surface area contributed by atoms with Crippen LogP contribution in [0.25, 0.3) is 11.0 Å². The molecule has 2 fully saturated rings. The maximum absolute atomic E-state index is 13.4. The van der Waals surface area contributed by atoms with Crippen molar-refractivity contribution in [2.45, 2.75) is 39.1 Å². The quantitative estimate of drug-likeness (QED) is 0.464. The highest BCUT2D eigenvalue weighted by atomic mass is 19.1. The van der Waals surface area contributed by atoms with Crippen molar-refractivity contribution in [3.8, 4) is 0 Å².